The standard InChI is InChI=1S/C15H27NO2/c1-2-18-14(17)6-4-3-5-11-16-12-15(9-10-15)13-7-8-13/h13,16H,2-12H2,1H3. The first kappa shape index (κ1) is 13.9. The number of nitrogens with one attached hydrogen (secondary N) is 1. The lowest BCUT2D eigenvalue weighted by Gasteiger charge is -2.14. The highest BCUT2D eigenvalue weighted by Gasteiger charge is 2.52. The van der Waals surface area contributed by atoms with Gasteiger partial charge < -0.3 is 10.1 Å². The van der Waals surface area contributed by atoms with E-state index in [4.69, 9.17) is 4.74 Å². The van der Waals surface area contributed by atoms with Crippen LogP contribution in [0.5, 0.6) is 0 Å². The number of carbonyl (C=O) groups is 1. The molecule has 0 unspecified atom stereocenters. The molecule has 1 N–H and O–H groups in total. The molecule has 0 spiro atoms. The molecule has 0 heterocycles. The van der Waals surface area contributed by atoms with E-state index in [0.29, 0.717) is 18.4 Å². The van der Waals surface area contributed by atoms with Crippen LogP contribution in [0, 0.1) is 11.3 Å². The number of carbonyl (C=O) groups excluding carboxylic acids is 1. The van der Waals surface area contributed by atoms with E-state index in [1.54, 1.807) is 0 Å². The molecule has 3 heteroatoms. The second kappa shape index (κ2) is 6.55. The van der Waals surface area contributed by atoms with E-state index in [9.17, 15) is 4.79 Å². The predicted octanol–water partition coefficient (Wildman–Crippen LogP) is 2.89. The molecule has 0 bridgehead atoms. The Labute approximate surface area is 111 Å². The molecule has 18 heavy (non-hydrogen) atoms. The van der Waals surface area contributed by atoms with Gasteiger partial charge in [-0.25, -0.2) is 0 Å². The van der Waals surface area contributed by atoms with Crippen molar-refractivity contribution in [3.8, 4) is 0 Å². The zero-order valence-corrected chi connectivity index (χ0v) is 11.7. The second-order valence-corrected chi connectivity index (χ2v) is 5.93. The maximum atomic E-state index is 11.1. The van der Waals surface area contributed by atoms with Crippen LogP contribution in [-0.2, 0) is 9.53 Å². The Morgan fingerprint density at radius 3 is 2.67 bits per heavy atom. The molecule has 2 aliphatic rings. The van der Waals surface area contributed by atoms with Gasteiger partial charge in [-0.2, -0.15) is 0 Å². The number of esters is 1. The molecule has 0 radical (unpaired) electrons. The number of unbranched alkanes of at least 4 members (excludes halogenated alkanes) is 2. The van der Waals surface area contributed by atoms with E-state index < -0.39 is 0 Å². The Bertz CT molecular complexity index is 270. The predicted molar refractivity (Wildman–Crippen MR) is 72.4 cm³/mol. The lowest BCUT2D eigenvalue weighted by molar-refractivity contribution is -0.143. The van der Waals surface area contributed by atoms with Crippen LogP contribution in [-0.4, -0.2) is 25.7 Å². The average Bonchev–Trinajstić information content (AvgIpc) is 3.20. The summed E-state index contributed by atoms with van der Waals surface area (Å²) < 4.78 is 4.90. The van der Waals surface area contributed by atoms with E-state index in [1.807, 2.05) is 6.92 Å². The van der Waals surface area contributed by atoms with Crippen molar-refractivity contribution in [1.29, 1.82) is 0 Å². The maximum absolute atomic E-state index is 11.1. The fourth-order valence-electron chi connectivity index (χ4n) is 2.85. The van der Waals surface area contributed by atoms with Crippen LogP contribution < -0.4 is 5.32 Å². The Hall–Kier alpha value is -0.570. The van der Waals surface area contributed by atoms with Gasteiger partial charge in [-0.15, -0.1) is 0 Å². The lowest BCUT2D eigenvalue weighted by atomic mass is 10.0. The molecule has 2 saturated carbocycles. The molecular formula is C15H27NO2. The van der Waals surface area contributed by atoms with Gasteiger partial charge in [0.25, 0.3) is 0 Å². The maximum Gasteiger partial charge on any atom is 0.305 e. The Kier molecular flexibility index (Phi) is 5.04. The van der Waals surface area contributed by atoms with Crippen molar-refractivity contribution >= 4 is 5.97 Å². The van der Waals surface area contributed by atoms with Crippen LogP contribution in [0.2, 0.25) is 0 Å². The number of hydrogen-bond acceptors (Lipinski definition) is 3. The second-order valence-electron chi connectivity index (χ2n) is 5.93. The number of ether oxygens (including phenoxy) is 1. The summed E-state index contributed by atoms with van der Waals surface area (Å²) >= 11 is 0. The van der Waals surface area contributed by atoms with Crippen molar-refractivity contribution in [2.45, 2.75) is 58.3 Å². The van der Waals surface area contributed by atoms with Crippen molar-refractivity contribution in [2.24, 2.45) is 11.3 Å². The molecule has 0 aromatic rings. The third-order valence-electron chi connectivity index (χ3n) is 4.35. The zero-order chi connectivity index (χ0) is 12.8. The highest BCUT2D eigenvalue weighted by atomic mass is 16.5. The van der Waals surface area contributed by atoms with E-state index in [0.717, 1.165) is 25.3 Å². The van der Waals surface area contributed by atoms with Crippen LogP contribution in [0.1, 0.15) is 58.3 Å². The van der Waals surface area contributed by atoms with E-state index in [1.165, 1.54) is 38.6 Å². The lowest BCUT2D eigenvalue weighted by Crippen LogP contribution is -2.26. The molecule has 3 nitrogen and oxygen atoms in total. The molecule has 104 valence electrons. The largest absolute Gasteiger partial charge is 0.466 e. The van der Waals surface area contributed by atoms with Gasteiger partial charge in [-0.1, -0.05) is 6.42 Å². The highest BCUT2D eigenvalue weighted by molar-refractivity contribution is 5.69. The summed E-state index contributed by atoms with van der Waals surface area (Å²) in [5, 5.41) is 3.61. The van der Waals surface area contributed by atoms with Gasteiger partial charge in [0, 0.05) is 13.0 Å². The number of hydrogen-bond donors (Lipinski definition) is 1. The van der Waals surface area contributed by atoms with Crippen molar-refractivity contribution in [1.82, 2.24) is 5.32 Å². The minimum absolute atomic E-state index is 0.0453. The van der Waals surface area contributed by atoms with Crippen molar-refractivity contribution in [3.63, 3.8) is 0 Å². The summed E-state index contributed by atoms with van der Waals surface area (Å²) in [6.07, 6.45) is 9.71. The first-order chi connectivity index (χ1) is 8.77. The summed E-state index contributed by atoms with van der Waals surface area (Å²) in [5.41, 5.74) is 0.713. The topological polar surface area (TPSA) is 38.3 Å². The first-order valence-corrected chi connectivity index (χ1v) is 7.63. The minimum atomic E-state index is -0.0453. The molecule has 0 atom stereocenters. The fourth-order valence-corrected chi connectivity index (χ4v) is 2.85. The Morgan fingerprint density at radius 2 is 2.06 bits per heavy atom. The summed E-state index contributed by atoms with van der Waals surface area (Å²) in [6.45, 7) is 4.70. The summed E-state index contributed by atoms with van der Waals surface area (Å²) in [5.74, 6) is 1.00. The highest BCUT2D eigenvalue weighted by Crippen LogP contribution is 2.60. The summed E-state index contributed by atoms with van der Waals surface area (Å²) in [6, 6.07) is 0. The van der Waals surface area contributed by atoms with Gasteiger partial charge in [-0.3, -0.25) is 4.79 Å². The smallest absolute Gasteiger partial charge is 0.305 e. The number of rotatable bonds is 10. The Balaban J connectivity index is 1.39. The molecule has 0 aliphatic heterocycles. The van der Waals surface area contributed by atoms with Crippen LogP contribution in [0.25, 0.3) is 0 Å². The van der Waals surface area contributed by atoms with Crippen LogP contribution in [0.3, 0.4) is 0 Å². The molecular weight excluding hydrogens is 226 g/mol. The minimum Gasteiger partial charge on any atom is -0.466 e. The van der Waals surface area contributed by atoms with Crippen LogP contribution >= 0.6 is 0 Å². The molecule has 2 aliphatic carbocycles. The molecule has 0 saturated heterocycles. The molecule has 2 fully saturated rings. The summed E-state index contributed by atoms with van der Waals surface area (Å²) in [4.78, 5) is 11.1. The van der Waals surface area contributed by atoms with Crippen molar-refractivity contribution in [3.05, 3.63) is 0 Å². The van der Waals surface area contributed by atoms with Gasteiger partial charge in [0.05, 0.1) is 6.61 Å². The van der Waals surface area contributed by atoms with E-state index >= 15 is 0 Å². The monoisotopic (exact) mass is 253 g/mol. The molecule has 0 aromatic carbocycles. The van der Waals surface area contributed by atoms with Crippen molar-refractivity contribution < 1.29 is 9.53 Å². The van der Waals surface area contributed by atoms with Gasteiger partial charge in [0.2, 0.25) is 0 Å². The summed E-state index contributed by atoms with van der Waals surface area (Å²) in [7, 11) is 0. The zero-order valence-electron chi connectivity index (χ0n) is 11.7. The molecule has 0 amide bonds. The third-order valence-corrected chi connectivity index (χ3v) is 4.35. The van der Waals surface area contributed by atoms with Gasteiger partial charge >= 0.3 is 5.97 Å². The molecule has 0 aromatic heterocycles. The van der Waals surface area contributed by atoms with Crippen LogP contribution in [0.4, 0.5) is 0 Å². The van der Waals surface area contributed by atoms with Gasteiger partial charge in [-0.05, 0) is 63.3 Å². The normalized spacial score (nSPS) is 20.7. The Morgan fingerprint density at radius 1 is 1.28 bits per heavy atom. The van der Waals surface area contributed by atoms with Crippen molar-refractivity contribution in [2.75, 3.05) is 19.7 Å². The van der Waals surface area contributed by atoms with E-state index in [-0.39, 0.29) is 5.97 Å². The quantitative estimate of drug-likeness (QED) is 0.480. The average molecular weight is 253 g/mol. The third kappa shape index (κ3) is 4.27. The van der Waals surface area contributed by atoms with E-state index in [2.05, 4.69) is 5.32 Å². The van der Waals surface area contributed by atoms with Gasteiger partial charge in [0.1, 0.15) is 0 Å². The SMILES string of the molecule is CCOC(=O)CCCCCNCC1(C2CC2)CC1. The first-order valence-electron chi connectivity index (χ1n) is 7.63. The van der Waals surface area contributed by atoms with Gasteiger partial charge in [0.15, 0.2) is 0 Å². The van der Waals surface area contributed by atoms with Crippen LogP contribution in [0.15, 0.2) is 0 Å². The molecule has 2 rings (SSSR count). The fraction of sp³-hybridized carbons (Fsp3) is 0.933.